The van der Waals surface area contributed by atoms with Gasteiger partial charge in [0.15, 0.2) is 0 Å². The number of hydrogen-bond acceptors (Lipinski definition) is 7. The highest BCUT2D eigenvalue weighted by Crippen LogP contribution is 2.23. The van der Waals surface area contributed by atoms with E-state index in [4.69, 9.17) is 9.47 Å². The molecule has 0 aliphatic heterocycles. The second-order valence-electron chi connectivity index (χ2n) is 4.02. The van der Waals surface area contributed by atoms with Crippen LogP contribution in [0.5, 0.6) is 11.8 Å². The molecule has 0 saturated heterocycles. The minimum absolute atomic E-state index is 0.0555. The maximum atomic E-state index is 13.1. The summed E-state index contributed by atoms with van der Waals surface area (Å²) < 4.78 is 22.9. The largest absolute Gasteiger partial charge is 0.481 e. The van der Waals surface area contributed by atoms with Crippen molar-refractivity contribution in [2.24, 2.45) is 0 Å². The molecule has 0 aliphatic carbocycles. The lowest BCUT2D eigenvalue weighted by Gasteiger charge is -2.06. The quantitative estimate of drug-likeness (QED) is 0.471. The minimum Gasteiger partial charge on any atom is -0.481 e. The zero-order valence-electron chi connectivity index (χ0n) is 11.6. The first kappa shape index (κ1) is 15.3. The number of benzene rings is 1. The third kappa shape index (κ3) is 2.97. The smallest absolute Gasteiger partial charge is 0.283 e. The lowest BCUT2D eigenvalue weighted by atomic mass is 10.1. The summed E-state index contributed by atoms with van der Waals surface area (Å²) in [6.45, 7) is 0. The van der Waals surface area contributed by atoms with Crippen LogP contribution >= 0.6 is 0 Å². The summed E-state index contributed by atoms with van der Waals surface area (Å²) >= 11 is 0. The number of carbonyl (C=O) groups excluding carboxylic acids is 1. The van der Waals surface area contributed by atoms with E-state index in [0.29, 0.717) is 6.07 Å². The molecule has 2 aromatic rings. The lowest BCUT2D eigenvalue weighted by molar-refractivity contribution is -0.385. The molecule has 0 unspecified atom stereocenters. The van der Waals surface area contributed by atoms with Crippen LogP contribution in [-0.4, -0.2) is 34.9 Å². The van der Waals surface area contributed by atoms with Gasteiger partial charge in [0.05, 0.1) is 31.3 Å². The van der Waals surface area contributed by atoms with Crippen LogP contribution in [0.4, 0.5) is 10.1 Å². The van der Waals surface area contributed by atoms with Gasteiger partial charge in [-0.05, 0) is 12.1 Å². The zero-order chi connectivity index (χ0) is 16.3. The highest BCUT2D eigenvalue weighted by atomic mass is 19.1. The molecular formula is C13H10FN3O5. The number of ketones is 1. The van der Waals surface area contributed by atoms with Crippen LogP contribution in [0.15, 0.2) is 24.3 Å². The van der Waals surface area contributed by atoms with Crippen LogP contribution in [0.1, 0.15) is 16.2 Å². The van der Waals surface area contributed by atoms with Gasteiger partial charge < -0.3 is 9.47 Å². The van der Waals surface area contributed by atoms with Crippen molar-refractivity contribution in [2.45, 2.75) is 0 Å². The summed E-state index contributed by atoms with van der Waals surface area (Å²) in [7, 11) is 2.66. The Labute approximate surface area is 123 Å². The molecule has 1 aromatic heterocycles. The van der Waals surface area contributed by atoms with Crippen LogP contribution < -0.4 is 9.47 Å². The van der Waals surface area contributed by atoms with Crippen molar-refractivity contribution in [3.8, 4) is 11.8 Å². The van der Waals surface area contributed by atoms with Crippen molar-refractivity contribution < 1.29 is 23.6 Å². The Morgan fingerprint density at radius 1 is 1.18 bits per heavy atom. The van der Waals surface area contributed by atoms with E-state index in [0.717, 1.165) is 12.1 Å². The van der Waals surface area contributed by atoms with E-state index in [-0.39, 0.29) is 23.1 Å². The van der Waals surface area contributed by atoms with E-state index < -0.39 is 22.2 Å². The molecule has 0 fully saturated rings. The van der Waals surface area contributed by atoms with Gasteiger partial charge in [-0.15, -0.1) is 0 Å². The average molecular weight is 307 g/mol. The first-order chi connectivity index (χ1) is 10.5. The van der Waals surface area contributed by atoms with E-state index in [1.165, 1.54) is 20.3 Å². The molecule has 1 aromatic carbocycles. The summed E-state index contributed by atoms with van der Waals surface area (Å²) in [6, 6.07) is 3.95. The first-order valence-electron chi connectivity index (χ1n) is 5.92. The number of halogens is 1. The van der Waals surface area contributed by atoms with Crippen molar-refractivity contribution in [2.75, 3.05) is 14.2 Å². The Balaban J connectivity index is 2.55. The fourth-order valence-electron chi connectivity index (χ4n) is 1.68. The van der Waals surface area contributed by atoms with Crippen LogP contribution in [0, 0.1) is 15.9 Å². The van der Waals surface area contributed by atoms with Gasteiger partial charge in [-0.25, -0.2) is 4.39 Å². The second-order valence-corrected chi connectivity index (χ2v) is 4.02. The maximum Gasteiger partial charge on any atom is 0.283 e. The summed E-state index contributed by atoms with van der Waals surface area (Å²) in [5.74, 6) is -1.91. The van der Waals surface area contributed by atoms with Crippen molar-refractivity contribution in [1.82, 2.24) is 9.97 Å². The standard InChI is InChI=1S/C13H10FN3O5/c1-21-10-6-11(22-2)16-13(15-10)12(18)8-4-3-7(14)5-9(8)17(19)20/h3-6H,1-2H3. The maximum absolute atomic E-state index is 13.1. The molecule has 0 aliphatic rings. The van der Waals surface area contributed by atoms with Gasteiger partial charge in [0.1, 0.15) is 11.4 Å². The van der Waals surface area contributed by atoms with Crippen molar-refractivity contribution in [1.29, 1.82) is 0 Å². The third-order valence-electron chi connectivity index (χ3n) is 2.70. The molecule has 0 N–H and O–H groups in total. The summed E-state index contributed by atoms with van der Waals surface area (Å²) in [4.78, 5) is 30.1. The number of nitro groups is 1. The predicted octanol–water partition coefficient (Wildman–Crippen LogP) is 1.77. The van der Waals surface area contributed by atoms with Gasteiger partial charge in [0, 0.05) is 0 Å². The molecule has 114 valence electrons. The Morgan fingerprint density at radius 2 is 1.77 bits per heavy atom. The topological polar surface area (TPSA) is 104 Å². The number of nitrogens with zero attached hydrogens (tertiary/aromatic N) is 3. The Morgan fingerprint density at radius 3 is 2.27 bits per heavy atom. The zero-order valence-corrected chi connectivity index (χ0v) is 11.6. The van der Waals surface area contributed by atoms with E-state index in [1.54, 1.807) is 0 Å². The van der Waals surface area contributed by atoms with Gasteiger partial charge in [0.2, 0.25) is 23.4 Å². The number of hydrogen-bond donors (Lipinski definition) is 0. The lowest BCUT2D eigenvalue weighted by Crippen LogP contribution is -2.11. The summed E-state index contributed by atoms with van der Waals surface area (Å²) in [5.41, 5.74) is -1.00. The molecule has 0 bridgehead atoms. The molecule has 0 saturated carbocycles. The number of nitro benzene ring substituents is 1. The van der Waals surface area contributed by atoms with Crippen molar-refractivity contribution in [3.05, 3.63) is 51.6 Å². The monoisotopic (exact) mass is 307 g/mol. The fourth-order valence-corrected chi connectivity index (χ4v) is 1.68. The van der Waals surface area contributed by atoms with E-state index in [1.807, 2.05) is 0 Å². The number of carbonyl (C=O) groups is 1. The van der Waals surface area contributed by atoms with Crippen LogP contribution in [-0.2, 0) is 0 Å². The van der Waals surface area contributed by atoms with E-state index in [9.17, 15) is 19.3 Å². The van der Waals surface area contributed by atoms with Gasteiger partial charge in [-0.3, -0.25) is 14.9 Å². The third-order valence-corrected chi connectivity index (χ3v) is 2.70. The number of aromatic nitrogens is 2. The summed E-state index contributed by atoms with van der Waals surface area (Å²) in [5, 5.41) is 11.0. The van der Waals surface area contributed by atoms with Crippen LogP contribution in [0.2, 0.25) is 0 Å². The molecule has 22 heavy (non-hydrogen) atoms. The molecule has 0 spiro atoms. The first-order valence-corrected chi connectivity index (χ1v) is 5.92. The van der Waals surface area contributed by atoms with Crippen molar-refractivity contribution >= 4 is 11.5 Å². The number of methoxy groups -OCH3 is 2. The molecule has 0 atom stereocenters. The van der Waals surface area contributed by atoms with Gasteiger partial charge in [-0.1, -0.05) is 0 Å². The van der Waals surface area contributed by atoms with Gasteiger partial charge in [-0.2, -0.15) is 9.97 Å². The Bertz CT molecular complexity index is 728. The summed E-state index contributed by atoms with van der Waals surface area (Å²) in [6.07, 6.45) is 0. The molecule has 0 radical (unpaired) electrons. The second kappa shape index (κ2) is 6.12. The minimum atomic E-state index is -0.853. The highest BCUT2D eigenvalue weighted by molar-refractivity contribution is 6.09. The Kier molecular flexibility index (Phi) is 4.25. The number of ether oxygens (including phenoxy) is 2. The fraction of sp³-hybridized carbons (Fsp3) is 0.154. The van der Waals surface area contributed by atoms with Gasteiger partial charge in [0.25, 0.3) is 5.69 Å². The molecule has 1 heterocycles. The molecule has 8 nitrogen and oxygen atoms in total. The normalized spacial score (nSPS) is 10.1. The number of rotatable bonds is 5. The van der Waals surface area contributed by atoms with Crippen molar-refractivity contribution in [3.63, 3.8) is 0 Å². The predicted molar refractivity (Wildman–Crippen MR) is 71.6 cm³/mol. The van der Waals surface area contributed by atoms with Gasteiger partial charge >= 0.3 is 0 Å². The van der Waals surface area contributed by atoms with E-state index >= 15 is 0 Å². The van der Waals surface area contributed by atoms with Crippen LogP contribution in [0.3, 0.4) is 0 Å². The molecule has 0 amide bonds. The molecule has 9 heteroatoms. The molecule has 2 rings (SSSR count). The SMILES string of the molecule is COc1cc(OC)nc(C(=O)c2ccc(F)cc2[N+](=O)[O-])n1. The average Bonchev–Trinajstić information content (AvgIpc) is 2.53. The highest BCUT2D eigenvalue weighted by Gasteiger charge is 2.25. The van der Waals surface area contributed by atoms with Crippen LogP contribution in [0.25, 0.3) is 0 Å². The molecular weight excluding hydrogens is 297 g/mol. The Hall–Kier alpha value is -3.10. The van der Waals surface area contributed by atoms with E-state index in [2.05, 4.69) is 9.97 Å².